The highest BCUT2D eigenvalue weighted by atomic mass is 35.5. The second-order valence-corrected chi connectivity index (χ2v) is 3.50. The molecule has 0 saturated heterocycles. The third kappa shape index (κ3) is 2.01. The molecule has 0 amide bonds. The van der Waals surface area contributed by atoms with E-state index in [1.54, 1.807) is 0 Å². The van der Waals surface area contributed by atoms with E-state index in [9.17, 15) is 0 Å². The van der Waals surface area contributed by atoms with Gasteiger partial charge in [-0.15, -0.1) is 0 Å². The minimum Gasteiger partial charge on any atom is -0.296 e. The average Bonchev–Trinajstić information content (AvgIpc) is 1.92. The molecular formula is C7H16Cl2N+. The van der Waals surface area contributed by atoms with Crippen molar-refractivity contribution in [2.24, 2.45) is 0 Å². The summed E-state index contributed by atoms with van der Waals surface area (Å²) in [6, 6.07) is 0. The van der Waals surface area contributed by atoms with E-state index in [1.807, 2.05) is 0 Å². The quantitative estimate of drug-likeness (QED) is 0.359. The predicted molar refractivity (Wildman–Crippen MR) is 47.4 cm³/mol. The summed E-state index contributed by atoms with van der Waals surface area (Å²) >= 11 is 11.7. The van der Waals surface area contributed by atoms with E-state index in [0.717, 1.165) is 24.1 Å². The lowest BCUT2D eigenvalue weighted by Crippen LogP contribution is -2.50. The lowest BCUT2D eigenvalue weighted by Gasteiger charge is -2.36. The zero-order valence-corrected chi connectivity index (χ0v) is 8.41. The van der Waals surface area contributed by atoms with Gasteiger partial charge in [-0.1, -0.05) is 0 Å². The van der Waals surface area contributed by atoms with E-state index in [2.05, 4.69) is 20.8 Å². The minimum absolute atomic E-state index is 0.278. The van der Waals surface area contributed by atoms with E-state index >= 15 is 0 Å². The summed E-state index contributed by atoms with van der Waals surface area (Å²) in [5.41, 5.74) is 0. The number of rotatable bonds is 4. The van der Waals surface area contributed by atoms with Crippen LogP contribution in [0.15, 0.2) is 0 Å². The molecule has 0 aromatic carbocycles. The summed E-state index contributed by atoms with van der Waals surface area (Å²) in [7, 11) is 0. The first-order chi connectivity index (χ1) is 4.63. The van der Waals surface area contributed by atoms with Gasteiger partial charge in [0.15, 0.2) is 0 Å². The Kier molecular flexibility index (Phi) is 4.66. The summed E-state index contributed by atoms with van der Waals surface area (Å²) < 4.78 is 0.795. The maximum absolute atomic E-state index is 5.84. The number of halogens is 2. The fraction of sp³-hybridized carbons (Fsp3) is 1.00. The number of hydrogen-bond acceptors (Lipinski definition) is 0. The van der Waals surface area contributed by atoms with Crippen molar-refractivity contribution in [3.63, 3.8) is 0 Å². The van der Waals surface area contributed by atoms with Gasteiger partial charge in [-0.05, 0) is 44.0 Å². The molecule has 0 aromatic heterocycles. The van der Waals surface area contributed by atoms with Gasteiger partial charge in [0.25, 0.3) is 0 Å². The van der Waals surface area contributed by atoms with Crippen LogP contribution >= 0.6 is 23.2 Å². The molecular weight excluding hydrogens is 169 g/mol. The molecule has 0 saturated carbocycles. The Bertz CT molecular complexity index is 81.3. The van der Waals surface area contributed by atoms with Gasteiger partial charge in [-0.3, -0.25) is 4.48 Å². The highest BCUT2D eigenvalue weighted by molar-refractivity contribution is 6.43. The molecule has 0 aliphatic rings. The van der Waals surface area contributed by atoms with Gasteiger partial charge in [0.1, 0.15) is 0 Å². The van der Waals surface area contributed by atoms with Gasteiger partial charge in [0.05, 0.1) is 19.6 Å². The molecule has 1 nitrogen and oxygen atoms in total. The van der Waals surface area contributed by atoms with Crippen LogP contribution in [0.1, 0.15) is 20.8 Å². The topological polar surface area (TPSA) is 0 Å². The van der Waals surface area contributed by atoms with Crippen molar-refractivity contribution < 1.29 is 4.48 Å². The molecule has 10 heavy (non-hydrogen) atoms. The predicted octanol–water partition coefficient (Wildman–Crippen LogP) is 2.62. The van der Waals surface area contributed by atoms with E-state index in [-0.39, 0.29) is 4.96 Å². The van der Waals surface area contributed by atoms with Crippen LogP contribution in [0.3, 0.4) is 0 Å². The fourth-order valence-corrected chi connectivity index (χ4v) is 1.91. The third-order valence-electron chi connectivity index (χ3n) is 2.30. The Morgan fingerprint density at radius 1 is 1.00 bits per heavy atom. The van der Waals surface area contributed by atoms with Crippen LogP contribution < -0.4 is 0 Å². The van der Waals surface area contributed by atoms with Crippen LogP contribution in [0.25, 0.3) is 0 Å². The molecule has 0 aromatic rings. The smallest absolute Gasteiger partial charge is 0.241 e. The minimum atomic E-state index is -0.278. The molecule has 0 radical (unpaired) electrons. The average molecular weight is 185 g/mol. The Balaban J connectivity index is 4.15. The van der Waals surface area contributed by atoms with Crippen molar-refractivity contribution in [2.45, 2.75) is 25.7 Å². The number of hydrogen-bond donors (Lipinski definition) is 0. The van der Waals surface area contributed by atoms with E-state index in [4.69, 9.17) is 23.2 Å². The van der Waals surface area contributed by atoms with Crippen LogP contribution in [0.2, 0.25) is 0 Å². The highest BCUT2D eigenvalue weighted by Crippen LogP contribution is 2.19. The first-order valence-electron chi connectivity index (χ1n) is 3.76. The Labute approximate surface area is 73.5 Å². The first kappa shape index (κ1) is 10.5. The lowest BCUT2D eigenvalue weighted by molar-refractivity contribution is -0.923. The summed E-state index contributed by atoms with van der Waals surface area (Å²) in [5, 5.41) is 0. The molecule has 0 aliphatic heterocycles. The van der Waals surface area contributed by atoms with Gasteiger partial charge >= 0.3 is 0 Å². The Morgan fingerprint density at radius 2 is 1.30 bits per heavy atom. The monoisotopic (exact) mass is 184 g/mol. The highest BCUT2D eigenvalue weighted by Gasteiger charge is 2.28. The maximum Gasteiger partial charge on any atom is 0.241 e. The van der Waals surface area contributed by atoms with Crippen molar-refractivity contribution in [1.29, 1.82) is 0 Å². The first-order valence-corrected chi connectivity index (χ1v) is 4.64. The van der Waals surface area contributed by atoms with Gasteiger partial charge in [0.2, 0.25) is 4.96 Å². The summed E-state index contributed by atoms with van der Waals surface area (Å²) in [6.45, 7) is 9.36. The standard InChI is InChI=1S/C7H16Cl2N/c1-4-10(5-2,6-3)7(8)9/h7H,4-6H2,1-3H3/q+1. The molecule has 0 N–H and O–H groups in total. The molecule has 0 aliphatic carbocycles. The maximum atomic E-state index is 5.84. The molecule has 0 rings (SSSR count). The zero-order chi connectivity index (χ0) is 8.20. The summed E-state index contributed by atoms with van der Waals surface area (Å²) in [6.07, 6.45) is 0. The summed E-state index contributed by atoms with van der Waals surface area (Å²) in [4.78, 5) is -0.278. The SMILES string of the molecule is CC[N+](CC)(CC)C(Cl)Cl. The molecule has 0 atom stereocenters. The van der Waals surface area contributed by atoms with Crippen LogP contribution in [-0.2, 0) is 0 Å². The Hall–Kier alpha value is 0.540. The van der Waals surface area contributed by atoms with Crippen molar-refractivity contribution in [1.82, 2.24) is 0 Å². The second-order valence-electron chi connectivity index (χ2n) is 2.44. The van der Waals surface area contributed by atoms with Gasteiger partial charge in [0, 0.05) is 0 Å². The molecule has 0 fully saturated rings. The van der Waals surface area contributed by atoms with E-state index < -0.39 is 0 Å². The molecule has 0 heterocycles. The molecule has 0 unspecified atom stereocenters. The normalized spacial score (nSPS) is 12.6. The third-order valence-corrected chi connectivity index (χ3v) is 3.13. The largest absolute Gasteiger partial charge is 0.296 e. The van der Waals surface area contributed by atoms with Crippen LogP contribution in [-0.4, -0.2) is 29.1 Å². The fourth-order valence-electron chi connectivity index (χ4n) is 1.08. The van der Waals surface area contributed by atoms with Gasteiger partial charge < -0.3 is 0 Å². The second kappa shape index (κ2) is 4.42. The molecule has 0 spiro atoms. The van der Waals surface area contributed by atoms with Gasteiger partial charge in [-0.2, -0.15) is 0 Å². The number of nitrogens with zero attached hydrogens (tertiary/aromatic N) is 1. The molecule has 62 valence electrons. The lowest BCUT2D eigenvalue weighted by atomic mass is 10.4. The Morgan fingerprint density at radius 3 is 1.30 bits per heavy atom. The van der Waals surface area contributed by atoms with Gasteiger partial charge in [-0.25, -0.2) is 0 Å². The van der Waals surface area contributed by atoms with Crippen LogP contribution in [0.4, 0.5) is 0 Å². The number of alkyl halides is 2. The van der Waals surface area contributed by atoms with E-state index in [1.165, 1.54) is 0 Å². The van der Waals surface area contributed by atoms with Crippen molar-refractivity contribution in [3.05, 3.63) is 0 Å². The van der Waals surface area contributed by atoms with Crippen molar-refractivity contribution >= 4 is 23.2 Å². The van der Waals surface area contributed by atoms with E-state index in [0.29, 0.717) is 0 Å². The van der Waals surface area contributed by atoms with Crippen molar-refractivity contribution in [3.8, 4) is 0 Å². The van der Waals surface area contributed by atoms with Crippen LogP contribution in [0, 0.1) is 0 Å². The molecule has 3 heteroatoms. The summed E-state index contributed by atoms with van der Waals surface area (Å²) in [5.74, 6) is 0. The van der Waals surface area contributed by atoms with Crippen LogP contribution in [0.5, 0.6) is 0 Å². The zero-order valence-electron chi connectivity index (χ0n) is 6.90. The van der Waals surface area contributed by atoms with Crippen molar-refractivity contribution in [2.75, 3.05) is 19.6 Å². The number of quaternary nitrogens is 1. The molecule has 0 bridgehead atoms.